The molecule has 0 aliphatic heterocycles. The highest BCUT2D eigenvalue weighted by Crippen LogP contribution is 2.27. The van der Waals surface area contributed by atoms with Gasteiger partial charge in [0.05, 0.1) is 7.11 Å². The Morgan fingerprint density at radius 3 is 2.60 bits per heavy atom. The number of aryl methyl sites for hydroxylation is 1. The number of nitrogens with zero attached hydrogens (tertiary/aromatic N) is 4. The van der Waals surface area contributed by atoms with Crippen molar-refractivity contribution in [3.05, 3.63) is 70.5 Å². The summed E-state index contributed by atoms with van der Waals surface area (Å²) < 4.78 is 11.3. The number of aromatic nitrogens is 4. The summed E-state index contributed by atoms with van der Waals surface area (Å²) in [6, 6.07) is 11.1. The molecule has 8 nitrogen and oxygen atoms in total. The summed E-state index contributed by atoms with van der Waals surface area (Å²) in [5.74, 6) is 0.945. The van der Waals surface area contributed by atoms with Crippen molar-refractivity contribution in [1.29, 1.82) is 0 Å². The molecule has 1 amide bonds. The second-order valence-corrected chi connectivity index (χ2v) is 7.39. The number of nitrogens with one attached hydrogen (secondary N) is 1. The molecule has 0 atom stereocenters. The van der Waals surface area contributed by atoms with Gasteiger partial charge in [-0.2, -0.15) is 4.37 Å². The summed E-state index contributed by atoms with van der Waals surface area (Å²) >= 11 is 1.09. The Morgan fingerprint density at radius 1 is 1.17 bits per heavy atom. The minimum absolute atomic E-state index is 0.105. The molecule has 1 aromatic carbocycles. The molecule has 3 heterocycles. The van der Waals surface area contributed by atoms with Gasteiger partial charge in [0, 0.05) is 24.5 Å². The third kappa shape index (κ3) is 3.92. The van der Waals surface area contributed by atoms with Crippen LogP contribution < -0.4 is 15.6 Å². The van der Waals surface area contributed by atoms with Crippen LogP contribution in [-0.4, -0.2) is 31.9 Å². The molecule has 0 saturated carbocycles. The van der Waals surface area contributed by atoms with Crippen molar-refractivity contribution in [2.24, 2.45) is 0 Å². The predicted octanol–water partition coefficient (Wildman–Crippen LogP) is 2.55. The lowest BCUT2D eigenvalue weighted by Crippen LogP contribution is -2.33. The monoisotopic (exact) mass is 421 g/mol. The van der Waals surface area contributed by atoms with Gasteiger partial charge >= 0.3 is 0 Å². The molecule has 0 radical (unpaired) electrons. The number of hydrogen-bond donors (Lipinski definition) is 1. The Morgan fingerprint density at radius 2 is 1.90 bits per heavy atom. The van der Waals surface area contributed by atoms with Crippen LogP contribution >= 0.6 is 11.5 Å². The van der Waals surface area contributed by atoms with Crippen LogP contribution in [0.4, 0.5) is 0 Å². The average molecular weight is 421 g/mol. The standard InChI is InChI=1S/C21H19N5O3S/c1-13-24-19-18(15-7-9-22-10-8-15)25-30-20(19)21(28)26(13)12-17(27)23-11-14-3-5-16(29-2)6-4-14/h3-10H,11-12H2,1-2H3,(H,23,27). The molecule has 1 N–H and O–H groups in total. The largest absolute Gasteiger partial charge is 0.497 e. The van der Waals surface area contributed by atoms with Crippen LogP contribution in [0.1, 0.15) is 11.4 Å². The number of rotatable bonds is 6. The van der Waals surface area contributed by atoms with E-state index in [1.165, 1.54) is 4.57 Å². The van der Waals surface area contributed by atoms with Crippen molar-refractivity contribution in [2.75, 3.05) is 7.11 Å². The van der Waals surface area contributed by atoms with Crippen LogP contribution in [0.5, 0.6) is 5.75 Å². The Hall–Kier alpha value is -3.59. The van der Waals surface area contributed by atoms with E-state index in [2.05, 4.69) is 19.7 Å². The van der Waals surface area contributed by atoms with Crippen LogP contribution in [0, 0.1) is 6.92 Å². The fourth-order valence-corrected chi connectivity index (χ4v) is 3.84. The number of pyridine rings is 1. The number of amides is 1. The molecule has 0 fully saturated rings. The van der Waals surface area contributed by atoms with E-state index in [-0.39, 0.29) is 18.0 Å². The molecule has 4 aromatic rings. The summed E-state index contributed by atoms with van der Waals surface area (Å²) in [6.07, 6.45) is 3.34. The van der Waals surface area contributed by atoms with Gasteiger partial charge in [0.1, 0.15) is 34.0 Å². The van der Waals surface area contributed by atoms with Gasteiger partial charge in [0.25, 0.3) is 5.56 Å². The highest BCUT2D eigenvalue weighted by atomic mass is 32.1. The van der Waals surface area contributed by atoms with Gasteiger partial charge in [-0.05, 0) is 48.3 Å². The minimum Gasteiger partial charge on any atom is -0.497 e. The highest BCUT2D eigenvalue weighted by molar-refractivity contribution is 7.13. The van der Waals surface area contributed by atoms with Gasteiger partial charge in [-0.25, -0.2) is 4.98 Å². The van der Waals surface area contributed by atoms with Crippen molar-refractivity contribution < 1.29 is 9.53 Å². The van der Waals surface area contributed by atoms with E-state index < -0.39 is 0 Å². The van der Waals surface area contributed by atoms with Gasteiger partial charge in [-0.1, -0.05) is 12.1 Å². The number of carbonyl (C=O) groups excluding carboxylic acids is 1. The van der Waals surface area contributed by atoms with E-state index in [0.717, 1.165) is 28.4 Å². The van der Waals surface area contributed by atoms with E-state index in [4.69, 9.17) is 4.74 Å². The van der Waals surface area contributed by atoms with E-state index in [9.17, 15) is 9.59 Å². The zero-order valence-electron chi connectivity index (χ0n) is 16.5. The van der Waals surface area contributed by atoms with Crippen LogP contribution in [0.15, 0.2) is 53.6 Å². The zero-order valence-corrected chi connectivity index (χ0v) is 17.3. The maximum atomic E-state index is 13.0. The second kappa shape index (κ2) is 8.42. The van der Waals surface area contributed by atoms with Crippen molar-refractivity contribution >= 4 is 27.7 Å². The third-order valence-corrected chi connectivity index (χ3v) is 5.50. The van der Waals surface area contributed by atoms with Crippen LogP contribution in [0.2, 0.25) is 0 Å². The minimum atomic E-state index is -0.269. The first-order valence-corrected chi connectivity index (χ1v) is 10.0. The fourth-order valence-electron chi connectivity index (χ4n) is 3.05. The van der Waals surface area contributed by atoms with E-state index >= 15 is 0 Å². The number of fused-ring (bicyclic) bond motifs is 1. The molecule has 3 aromatic heterocycles. The van der Waals surface area contributed by atoms with Gasteiger partial charge in [-0.15, -0.1) is 0 Å². The van der Waals surface area contributed by atoms with E-state index in [1.807, 2.05) is 36.4 Å². The second-order valence-electron chi connectivity index (χ2n) is 6.62. The fraction of sp³-hybridized carbons (Fsp3) is 0.190. The lowest BCUT2D eigenvalue weighted by Gasteiger charge is -2.10. The Labute approximate surface area is 176 Å². The lowest BCUT2D eigenvalue weighted by atomic mass is 10.2. The SMILES string of the molecule is COc1ccc(CNC(=O)Cn2c(C)nc3c(-c4ccncc4)nsc3c2=O)cc1. The molecule has 0 aliphatic carbocycles. The maximum absolute atomic E-state index is 13.0. The molecule has 0 aliphatic rings. The van der Waals surface area contributed by atoms with E-state index in [1.54, 1.807) is 26.4 Å². The molecule has 9 heteroatoms. The molecule has 30 heavy (non-hydrogen) atoms. The molecular formula is C21H19N5O3S. The van der Waals surface area contributed by atoms with Crippen LogP contribution in [-0.2, 0) is 17.9 Å². The summed E-state index contributed by atoms with van der Waals surface area (Å²) in [6.45, 7) is 1.97. The molecular weight excluding hydrogens is 402 g/mol. The molecule has 0 unspecified atom stereocenters. The van der Waals surface area contributed by atoms with Crippen LogP contribution in [0.25, 0.3) is 21.5 Å². The van der Waals surface area contributed by atoms with Crippen molar-refractivity contribution in [2.45, 2.75) is 20.0 Å². The smallest absolute Gasteiger partial charge is 0.273 e. The molecule has 152 valence electrons. The third-order valence-electron chi connectivity index (χ3n) is 4.68. The molecule has 0 bridgehead atoms. The quantitative estimate of drug-likeness (QED) is 0.514. The van der Waals surface area contributed by atoms with Crippen molar-refractivity contribution in [1.82, 2.24) is 24.2 Å². The Bertz CT molecular complexity index is 1250. The summed E-state index contributed by atoms with van der Waals surface area (Å²) in [7, 11) is 1.60. The summed E-state index contributed by atoms with van der Waals surface area (Å²) in [4.78, 5) is 34.0. The number of benzene rings is 1. The van der Waals surface area contributed by atoms with Gasteiger partial charge in [0.15, 0.2) is 0 Å². The number of hydrogen-bond acceptors (Lipinski definition) is 7. The summed E-state index contributed by atoms with van der Waals surface area (Å²) in [5, 5.41) is 2.83. The van der Waals surface area contributed by atoms with Gasteiger partial charge < -0.3 is 10.1 Å². The lowest BCUT2D eigenvalue weighted by molar-refractivity contribution is -0.121. The highest BCUT2D eigenvalue weighted by Gasteiger charge is 2.17. The average Bonchev–Trinajstić information content (AvgIpc) is 3.20. The topological polar surface area (TPSA) is 99.0 Å². The molecule has 0 spiro atoms. The van der Waals surface area contributed by atoms with Gasteiger partial charge in [0.2, 0.25) is 5.91 Å². The van der Waals surface area contributed by atoms with Gasteiger partial charge in [-0.3, -0.25) is 19.1 Å². The predicted molar refractivity (Wildman–Crippen MR) is 114 cm³/mol. The zero-order chi connectivity index (χ0) is 21.1. The van der Waals surface area contributed by atoms with E-state index in [0.29, 0.717) is 28.3 Å². The number of carbonyl (C=O) groups is 1. The molecule has 0 saturated heterocycles. The Kier molecular flexibility index (Phi) is 5.53. The number of ether oxygens (including phenoxy) is 1. The normalized spacial score (nSPS) is 10.9. The first-order valence-electron chi connectivity index (χ1n) is 9.23. The van der Waals surface area contributed by atoms with Crippen molar-refractivity contribution in [3.63, 3.8) is 0 Å². The van der Waals surface area contributed by atoms with Crippen molar-refractivity contribution in [3.8, 4) is 17.0 Å². The number of methoxy groups -OCH3 is 1. The first-order chi connectivity index (χ1) is 14.6. The van der Waals surface area contributed by atoms with Crippen LogP contribution in [0.3, 0.4) is 0 Å². The maximum Gasteiger partial charge on any atom is 0.273 e. The Balaban J connectivity index is 1.54. The summed E-state index contributed by atoms with van der Waals surface area (Å²) in [5.41, 5.74) is 2.70. The first kappa shape index (κ1) is 19.7. The molecule has 4 rings (SSSR count).